The number of hydrogen-bond acceptors (Lipinski definition) is 3. The van der Waals surface area contributed by atoms with Gasteiger partial charge in [-0.2, -0.15) is 5.26 Å². The average Bonchev–Trinajstić information content (AvgIpc) is 2.52. The molecule has 0 fully saturated rings. The minimum Gasteiger partial charge on any atom is -0.335 e. The first kappa shape index (κ1) is 14.5. The number of carbonyl (C=O) groups excluding carboxylic acids is 1. The van der Waals surface area contributed by atoms with Crippen LogP contribution in [0.3, 0.4) is 0 Å². The van der Waals surface area contributed by atoms with E-state index in [9.17, 15) is 9.59 Å². The number of nitrogens with zero attached hydrogens (tertiary/aromatic N) is 2. The van der Waals surface area contributed by atoms with Gasteiger partial charge < -0.3 is 9.88 Å². The maximum atomic E-state index is 12.4. The molecular formula is C16H15N3O2. The van der Waals surface area contributed by atoms with Gasteiger partial charge in [-0.1, -0.05) is 18.2 Å². The Labute approximate surface area is 122 Å². The molecular weight excluding hydrogens is 266 g/mol. The highest BCUT2D eigenvalue weighted by Crippen LogP contribution is 2.12. The van der Waals surface area contributed by atoms with Crippen LogP contribution < -0.4 is 5.56 Å². The molecule has 5 nitrogen and oxygen atoms in total. The van der Waals surface area contributed by atoms with Crippen molar-refractivity contribution in [3.05, 3.63) is 69.6 Å². The van der Waals surface area contributed by atoms with E-state index in [0.29, 0.717) is 24.2 Å². The monoisotopic (exact) mass is 281 g/mol. The lowest BCUT2D eigenvalue weighted by Crippen LogP contribution is -2.31. The predicted molar refractivity (Wildman–Crippen MR) is 78.6 cm³/mol. The molecule has 0 aliphatic rings. The third-order valence-electron chi connectivity index (χ3n) is 3.19. The number of nitrogens with one attached hydrogen (secondary N) is 1. The van der Waals surface area contributed by atoms with Gasteiger partial charge in [0.2, 0.25) is 5.56 Å². The van der Waals surface area contributed by atoms with Gasteiger partial charge in [0.05, 0.1) is 11.6 Å². The molecule has 1 aromatic carbocycles. The number of amides is 1. The Kier molecular flexibility index (Phi) is 4.52. The standard InChI is InChI=1S/C16H15N3O2/c1-2-19(11-14-6-4-3-5-13(14)10-17)16(21)12-7-8-18-15(20)9-12/h3-9H,2,11H2,1H3,(H,18,20). The van der Waals surface area contributed by atoms with Crippen molar-refractivity contribution in [3.63, 3.8) is 0 Å². The Morgan fingerprint density at radius 1 is 1.33 bits per heavy atom. The summed E-state index contributed by atoms with van der Waals surface area (Å²) >= 11 is 0. The molecule has 1 heterocycles. The molecule has 0 aliphatic heterocycles. The molecule has 0 unspecified atom stereocenters. The zero-order valence-electron chi connectivity index (χ0n) is 11.7. The normalized spacial score (nSPS) is 9.90. The van der Waals surface area contributed by atoms with Crippen molar-refractivity contribution in [1.82, 2.24) is 9.88 Å². The number of nitriles is 1. The molecule has 2 aromatic rings. The highest BCUT2D eigenvalue weighted by Gasteiger charge is 2.16. The Balaban J connectivity index is 2.26. The van der Waals surface area contributed by atoms with Crippen LogP contribution in [0.25, 0.3) is 0 Å². The van der Waals surface area contributed by atoms with Crippen molar-refractivity contribution < 1.29 is 4.79 Å². The minimum atomic E-state index is -0.311. The molecule has 0 bridgehead atoms. The number of benzene rings is 1. The zero-order chi connectivity index (χ0) is 15.2. The molecule has 1 aromatic heterocycles. The van der Waals surface area contributed by atoms with Crippen molar-refractivity contribution in [2.45, 2.75) is 13.5 Å². The molecule has 106 valence electrons. The summed E-state index contributed by atoms with van der Waals surface area (Å²) in [5.74, 6) is -0.226. The summed E-state index contributed by atoms with van der Waals surface area (Å²) in [6.07, 6.45) is 1.45. The van der Waals surface area contributed by atoms with Crippen LogP contribution in [0.4, 0.5) is 0 Å². The summed E-state index contributed by atoms with van der Waals surface area (Å²) in [5.41, 5.74) is 1.37. The Morgan fingerprint density at radius 3 is 2.76 bits per heavy atom. The molecule has 1 N–H and O–H groups in total. The largest absolute Gasteiger partial charge is 0.335 e. The van der Waals surface area contributed by atoms with E-state index in [1.807, 2.05) is 19.1 Å². The second kappa shape index (κ2) is 6.53. The Hall–Kier alpha value is -2.87. The van der Waals surface area contributed by atoms with Gasteiger partial charge in [0.25, 0.3) is 5.91 Å². The van der Waals surface area contributed by atoms with Crippen LogP contribution in [0.1, 0.15) is 28.4 Å². The lowest BCUT2D eigenvalue weighted by atomic mass is 10.1. The highest BCUT2D eigenvalue weighted by molar-refractivity contribution is 5.94. The molecule has 5 heteroatoms. The fraction of sp³-hybridized carbons (Fsp3) is 0.188. The summed E-state index contributed by atoms with van der Waals surface area (Å²) in [6, 6.07) is 12.1. The van der Waals surface area contributed by atoms with E-state index in [-0.39, 0.29) is 11.5 Å². The van der Waals surface area contributed by atoms with Gasteiger partial charge in [-0.15, -0.1) is 0 Å². The number of hydrogen-bond donors (Lipinski definition) is 1. The summed E-state index contributed by atoms with van der Waals surface area (Å²) in [6.45, 7) is 2.69. The van der Waals surface area contributed by atoms with Crippen molar-refractivity contribution in [2.75, 3.05) is 6.54 Å². The van der Waals surface area contributed by atoms with Crippen LogP contribution in [0.2, 0.25) is 0 Å². The molecule has 0 saturated carbocycles. The number of H-pyrrole nitrogens is 1. The Bertz CT molecular complexity index is 743. The lowest BCUT2D eigenvalue weighted by molar-refractivity contribution is 0.0752. The van der Waals surface area contributed by atoms with E-state index in [4.69, 9.17) is 5.26 Å². The number of pyridine rings is 1. The van der Waals surface area contributed by atoms with Crippen LogP contribution in [-0.2, 0) is 6.54 Å². The van der Waals surface area contributed by atoms with E-state index >= 15 is 0 Å². The molecule has 0 radical (unpaired) electrons. The van der Waals surface area contributed by atoms with Crippen LogP contribution in [0.5, 0.6) is 0 Å². The molecule has 1 amide bonds. The van der Waals surface area contributed by atoms with Gasteiger partial charge >= 0.3 is 0 Å². The number of rotatable bonds is 4. The first-order valence-corrected chi connectivity index (χ1v) is 6.61. The molecule has 21 heavy (non-hydrogen) atoms. The zero-order valence-corrected chi connectivity index (χ0v) is 11.7. The number of aromatic nitrogens is 1. The van der Waals surface area contributed by atoms with E-state index in [1.54, 1.807) is 23.1 Å². The van der Waals surface area contributed by atoms with Gasteiger partial charge in [-0.25, -0.2) is 0 Å². The average molecular weight is 281 g/mol. The lowest BCUT2D eigenvalue weighted by Gasteiger charge is -2.21. The van der Waals surface area contributed by atoms with E-state index in [0.717, 1.165) is 5.56 Å². The quantitative estimate of drug-likeness (QED) is 0.930. The SMILES string of the molecule is CCN(Cc1ccccc1C#N)C(=O)c1cc[nH]c(=O)c1. The third-order valence-corrected chi connectivity index (χ3v) is 3.19. The van der Waals surface area contributed by atoms with Crippen molar-refractivity contribution in [3.8, 4) is 6.07 Å². The maximum Gasteiger partial charge on any atom is 0.254 e. The fourth-order valence-corrected chi connectivity index (χ4v) is 2.06. The van der Waals surface area contributed by atoms with Crippen LogP contribution in [0, 0.1) is 11.3 Å². The van der Waals surface area contributed by atoms with Crippen molar-refractivity contribution >= 4 is 5.91 Å². The van der Waals surface area contributed by atoms with E-state index in [1.165, 1.54) is 12.3 Å². The Morgan fingerprint density at radius 2 is 2.10 bits per heavy atom. The summed E-state index contributed by atoms with van der Waals surface area (Å²) < 4.78 is 0. The maximum absolute atomic E-state index is 12.4. The summed E-state index contributed by atoms with van der Waals surface area (Å²) in [4.78, 5) is 27.8. The topological polar surface area (TPSA) is 77.0 Å². The third kappa shape index (κ3) is 3.37. The molecule has 2 rings (SSSR count). The number of aromatic amines is 1. The summed E-state index contributed by atoms with van der Waals surface area (Å²) in [7, 11) is 0. The van der Waals surface area contributed by atoms with Crippen LogP contribution in [-0.4, -0.2) is 22.3 Å². The van der Waals surface area contributed by atoms with Crippen LogP contribution in [0.15, 0.2) is 47.4 Å². The van der Waals surface area contributed by atoms with Gasteiger partial charge in [0.15, 0.2) is 0 Å². The van der Waals surface area contributed by atoms with Crippen LogP contribution >= 0.6 is 0 Å². The first-order chi connectivity index (χ1) is 10.2. The van der Waals surface area contributed by atoms with Gasteiger partial charge in [-0.05, 0) is 24.6 Å². The summed E-state index contributed by atoms with van der Waals surface area (Å²) in [5, 5.41) is 9.10. The molecule has 0 saturated heterocycles. The highest BCUT2D eigenvalue weighted by atomic mass is 16.2. The van der Waals surface area contributed by atoms with Gasteiger partial charge in [-0.3, -0.25) is 9.59 Å². The fourth-order valence-electron chi connectivity index (χ4n) is 2.06. The molecule has 0 spiro atoms. The van der Waals surface area contributed by atoms with Crippen molar-refractivity contribution in [1.29, 1.82) is 5.26 Å². The number of carbonyl (C=O) groups is 1. The predicted octanol–water partition coefficient (Wildman–Crippen LogP) is 1.91. The van der Waals surface area contributed by atoms with Gasteiger partial charge in [0, 0.05) is 30.9 Å². The molecule has 0 aliphatic carbocycles. The van der Waals surface area contributed by atoms with Gasteiger partial charge in [0.1, 0.15) is 0 Å². The van der Waals surface area contributed by atoms with Crippen molar-refractivity contribution in [2.24, 2.45) is 0 Å². The molecule has 0 atom stereocenters. The second-order valence-corrected chi connectivity index (χ2v) is 4.53. The van der Waals surface area contributed by atoms with E-state index in [2.05, 4.69) is 11.1 Å². The smallest absolute Gasteiger partial charge is 0.254 e. The second-order valence-electron chi connectivity index (χ2n) is 4.53. The van der Waals surface area contributed by atoms with E-state index < -0.39 is 0 Å². The minimum absolute atomic E-state index is 0.226. The first-order valence-electron chi connectivity index (χ1n) is 6.61.